The second kappa shape index (κ2) is 6.19. The number of non-ortho nitro benzene ring substituents is 1. The Morgan fingerprint density at radius 1 is 1.45 bits per heavy atom. The van der Waals surface area contributed by atoms with Crippen molar-refractivity contribution >= 4 is 31.4 Å². The minimum absolute atomic E-state index is 0.237. The average molecular weight is 322 g/mol. The predicted octanol–water partition coefficient (Wildman–Crippen LogP) is 2.48. The average Bonchev–Trinajstić information content (AvgIpc) is 2.36. The van der Waals surface area contributed by atoms with Gasteiger partial charge in [0.25, 0.3) is 14.7 Å². The van der Waals surface area contributed by atoms with Gasteiger partial charge < -0.3 is 4.74 Å². The molecule has 1 rings (SSSR count). The first-order valence-electron chi connectivity index (χ1n) is 5.60. The molecule has 1 unspecified atom stereocenters. The molecule has 0 aliphatic rings. The number of nitro groups is 1. The van der Waals surface area contributed by atoms with E-state index in [-0.39, 0.29) is 5.56 Å². The Hall–Kier alpha value is -1.67. The molecule has 0 saturated heterocycles. The van der Waals surface area contributed by atoms with Gasteiger partial charge in [-0.05, 0) is 19.4 Å². The normalized spacial score (nSPS) is 12.8. The van der Waals surface area contributed by atoms with Crippen molar-refractivity contribution in [1.29, 1.82) is 0 Å². The summed E-state index contributed by atoms with van der Waals surface area (Å²) in [4.78, 5) is 21.2. The Kier molecular flexibility index (Phi) is 5.07. The van der Waals surface area contributed by atoms with Crippen LogP contribution in [0.1, 0.15) is 30.6 Å². The van der Waals surface area contributed by atoms with Crippen molar-refractivity contribution in [3.8, 4) is 0 Å². The number of carbonyl (C=O) groups excluding carboxylic acids is 1. The monoisotopic (exact) mass is 321 g/mol. The Bertz CT molecular complexity index is 642. The molecule has 0 radical (unpaired) electrons. The summed E-state index contributed by atoms with van der Waals surface area (Å²) in [5.41, 5.74) is -0.790. The van der Waals surface area contributed by atoms with Gasteiger partial charge in [0, 0.05) is 22.8 Å². The summed E-state index contributed by atoms with van der Waals surface area (Å²) in [6, 6.07) is 2.67. The van der Waals surface area contributed by atoms with E-state index in [2.05, 4.69) is 0 Å². The van der Waals surface area contributed by atoms with Crippen LogP contribution < -0.4 is 0 Å². The van der Waals surface area contributed by atoms with E-state index in [0.717, 1.165) is 18.2 Å². The maximum Gasteiger partial charge on any atom is 0.338 e. The minimum atomic E-state index is -4.19. The number of carbonyl (C=O) groups is 1. The van der Waals surface area contributed by atoms with Crippen molar-refractivity contribution in [3.63, 3.8) is 0 Å². The van der Waals surface area contributed by atoms with Crippen molar-refractivity contribution in [2.75, 3.05) is 0 Å². The Balaban J connectivity index is 3.29. The van der Waals surface area contributed by atoms with E-state index in [1.807, 2.05) is 0 Å². The van der Waals surface area contributed by atoms with Crippen LogP contribution in [0, 0.1) is 10.1 Å². The summed E-state index contributed by atoms with van der Waals surface area (Å²) in [6.07, 6.45) is 0.166. The van der Waals surface area contributed by atoms with Crippen LogP contribution in [0.15, 0.2) is 23.1 Å². The maximum atomic E-state index is 11.8. The van der Waals surface area contributed by atoms with E-state index < -0.39 is 36.6 Å². The van der Waals surface area contributed by atoms with Gasteiger partial charge in [0.15, 0.2) is 0 Å². The van der Waals surface area contributed by atoms with Gasteiger partial charge >= 0.3 is 5.97 Å². The zero-order valence-electron chi connectivity index (χ0n) is 10.7. The zero-order valence-corrected chi connectivity index (χ0v) is 12.3. The fourth-order valence-electron chi connectivity index (χ4n) is 1.28. The number of benzene rings is 1. The molecule has 0 bridgehead atoms. The zero-order chi connectivity index (χ0) is 15.5. The highest BCUT2D eigenvalue weighted by Crippen LogP contribution is 2.24. The van der Waals surface area contributed by atoms with Crippen LogP contribution in [0.4, 0.5) is 5.69 Å². The van der Waals surface area contributed by atoms with Crippen LogP contribution in [0.2, 0.25) is 0 Å². The van der Waals surface area contributed by atoms with Crippen molar-refractivity contribution < 1.29 is 22.9 Å². The smallest absolute Gasteiger partial charge is 0.338 e. The second-order valence-corrected chi connectivity index (χ2v) is 6.60. The molecule has 0 N–H and O–H groups in total. The molecule has 20 heavy (non-hydrogen) atoms. The lowest BCUT2D eigenvalue weighted by Crippen LogP contribution is -2.14. The number of rotatable bonds is 5. The van der Waals surface area contributed by atoms with E-state index in [9.17, 15) is 23.3 Å². The highest BCUT2D eigenvalue weighted by Gasteiger charge is 2.21. The molecule has 0 fully saturated rings. The largest absolute Gasteiger partial charge is 0.459 e. The molecule has 0 aliphatic heterocycles. The number of halogens is 1. The van der Waals surface area contributed by atoms with Crippen molar-refractivity contribution in [2.24, 2.45) is 0 Å². The molecule has 1 aromatic carbocycles. The summed E-state index contributed by atoms with van der Waals surface area (Å²) < 4.78 is 27.5. The summed E-state index contributed by atoms with van der Waals surface area (Å²) in [5, 5.41) is 10.7. The molecule has 0 aliphatic carbocycles. The van der Waals surface area contributed by atoms with Crippen LogP contribution in [-0.2, 0) is 13.8 Å². The predicted molar refractivity (Wildman–Crippen MR) is 71.3 cm³/mol. The molecule has 7 nitrogen and oxygen atoms in total. The fourth-order valence-corrected chi connectivity index (χ4v) is 2.08. The quantitative estimate of drug-likeness (QED) is 0.357. The number of esters is 1. The number of nitrogens with zero attached hydrogens (tertiary/aromatic N) is 1. The van der Waals surface area contributed by atoms with E-state index in [1.54, 1.807) is 13.8 Å². The molecular weight excluding hydrogens is 310 g/mol. The highest BCUT2D eigenvalue weighted by atomic mass is 35.7. The summed E-state index contributed by atoms with van der Waals surface area (Å²) >= 11 is 0. The first-order valence-corrected chi connectivity index (χ1v) is 7.91. The van der Waals surface area contributed by atoms with Crippen molar-refractivity contribution in [2.45, 2.75) is 31.3 Å². The third-order valence-electron chi connectivity index (χ3n) is 2.50. The molecule has 1 atom stereocenters. The summed E-state index contributed by atoms with van der Waals surface area (Å²) in [7, 11) is 0.954. The third kappa shape index (κ3) is 4.17. The molecule has 110 valence electrons. The Labute approximate surface area is 120 Å². The molecule has 0 spiro atoms. The number of hydrogen-bond donors (Lipinski definition) is 0. The first-order chi connectivity index (χ1) is 9.15. The lowest BCUT2D eigenvalue weighted by Gasteiger charge is -2.11. The van der Waals surface area contributed by atoms with Gasteiger partial charge in [-0.2, -0.15) is 0 Å². The minimum Gasteiger partial charge on any atom is -0.459 e. The van der Waals surface area contributed by atoms with Crippen LogP contribution in [-0.4, -0.2) is 25.4 Å². The van der Waals surface area contributed by atoms with Gasteiger partial charge in [0.1, 0.15) is 0 Å². The Morgan fingerprint density at radius 2 is 2.05 bits per heavy atom. The molecule has 9 heteroatoms. The highest BCUT2D eigenvalue weighted by molar-refractivity contribution is 8.13. The van der Waals surface area contributed by atoms with Crippen LogP contribution in [0.25, 0.3) is 0 Å². The SMILES string of the molecule is CCC(C)OC(=O)c1cc([N+](=O)[O-])cc(S(=O)(=O)Cl)c1. The standard InChI is InChI=1S/C11H12ClNO6S/c1-3-7(2)19-11(14)8-4-9(13(15)16)6-10(5-8)20(12,17)18/h4-7H,3H2,1-2H3. The Morgan fingerprint density at radius 3 is 2.50 bits per heavy atom. The van der Waals surface area contributed by atoms with Crippen LogP contribution in [0.3, 0.4) is 0 Å². The van der Waals surface area contributed by atoms with E-state index >= 15 is 0 Å². The number of nitro benzene ring substituents is 1. The van der Waals surface area contributed by atoms with Gasteiger partial charge in [-0.15, -0.1) is 0 Å². The van der Waals surface area contributed by atoms with E-state index in [0.29, 0.717) is 6.42 Å². The van der Waals surface area contributed by atoms with Gasteiger partial charge in [-0.1, -0.05) is 6.92 Å². The summed E-state index contributed by atoms with van der Waals surface area (Å²) in [6.45, 7) is 3.44. The molecule has 0 saturated carbocycles. The number of ether oxygens (including phenoxy) is 1. The van der Waals surface area contributed by atoms with E-state index in [1.165, 1.54) is 0 Å². The van der Waals surface area contributed by atoms with Crippen molar-refractivity contribution in [1.82, 2.24) is 0 Å². The lowest BCUT2D eigenvalue weighted by atomic mass is 10.2. The van der Waals surface area contributed by atoms with Crippen molar-refractivity contribution in [3.05, 3.63) is 33.9 Å². The fraction of sp³-hybridized carbons (Fsp3) is 0.364. The summed E-state index contributed by atoms with van der Waals surface area (Å²) in [5.74, 6) is -0.843. The van der Waals surface area contributed by atoms with Crippen LogP contribution >= 0.6 is 10.7 Å². The number of hydrogen-bond acceptors (Lipinski definition) is 6. The molecule has 1 aromatic rings. The molecule has 0 heterocycles. The van der Waals surface area contributed by atoms with Gasteiger partial charge in [-0.25, -0.2) is 13.2 Å². The molecule has 0 aromatic heterocycles. The second-order valence-electron chi connectivity index (χ2n) is 4.03. The topological polar surface area (TPSA) is 104 Å². The lowest BCUT2D eigenvalue weighted by molar-refractivity contribution is -0.385. The van der Waals surface area contributed by atoms with E-state index in [4.69, 9.17) is 15.4 Å². The van der Waals surface area contributed by atoms with Gasteiger partial charge in [-0.3, -0.25) is 10.1 Å². The maximum absolute atomic E-state index is 11.8. The third-order valence-corrected chi connectivity index (χ3v) is 3.84. The van der Waals surface area contributed by atoms with Gasteiger partial charge in [0.2, 0.25) is 0 Å². The van der Waals surface area contributed by atoms with Gasteiger partial charge in [0.05, 0.1) is 21.5 Å². The molecular formula is C11H12ClNO6S. The van der Waals surface area contributed by atoms with Crippen LogP contribution in [0.5, 0.6) is 0 Å². The first kappa shape index (κ1) is 16.4. The molecule has 0 amide bonds.